The SMILES string of the molecule is COc1ccc(Nc2cc(C)nc([C@@H]3CCCN(C(=O)CN4CCOCC4)C3)c2)cc1. The van der Waals surface area contributed by atoms with Crippen molar-refractivity contribution in [2.45, 2.75) is 25.7 Å². The van der Waals surface area contributed by atoms with Gasteiger partial charge < -0.3 is 19.7 Å². The van der Waals surface area contributed by atoms with Gasteiger partial charge in [-0.3, -0.25) is 14.7 Å². The van der Waals surface area contributed by atoms with Gasteiger partial charge in [-0.25, -0.2) is 0 Å². The van der Waals surface area contributed by atoms with E-state index in [1.807, 2.05) is 36.1 Å². The van der Waals surface area contributed by atoms with Crippen LogP contribution in [0.4, 0.5) is 11.4 Å². The van der Waals surface area contributed by atoms with Crippen molar-refractivity contribution >= 4 is 17.3 Å². The lowest BCUT2D eigenvalue weighted by Gasteiger charge is -2.35. The van der Waals surface area contributed by atoms with E-state index in [-0.39, 0.29) is 11.8 Å². The molecule has 1 aromatic heterocycles. The number of carbonyl (C=O) groups is 1. The van der Waals surface area contributed by atoms with Crippen LogP contribution in [0.1, 0.15) is 30.1 Å². The first kappa shape index (κ1) is 21.6. The topological polar surface area (TPSA) is 66.9 Å². The van der Waals surface area contributed by atoms with Gasteiger partial charge in [0.15, 0.2) is 0 Å². The lowest BCUT2D eigenvalue weighted by atomic mass is 9.93. The molecule has 2 aromatic rings. The lowest BCUT2D eigenvalue weighted by Crippen LogP contribution is -2.47. The van der Waals surface area contributed by atoms with Crippen LogP contribution >= 0.6 is 0 Å². The van der Waals surface area contributed by atoms with Crippen molar-refractivity contribution in [2.75, 3.05) is 58.4 Å². The second-order valence-electron chi connectivity index (χ2n) is 8.34. The Kier molecular flexibility index (Phi) is 7.04. The first-order valence-corrected chi connectivity index (χ1v) is 11.1. The van der Waals surface area contributed by atoms with Crippen LogP contribution in [-0.2, 0) is 9.53 Å². The summed E-state index contributed by atoms with van der Waals surface area (Å²) in [6.07, 6.45) is 2.07. The van der Waals surface area contributed by atoms with E-state index in [1.54, 1.807) is 7.11 Å². The molecule has 2 fully saturated rings. The number of hydrogen-bond donors (Lipinski definition) is 1. The third kappa shape index (κ3) is 5.74. The Bertz CT molecular complexity index is 881. The fourth-order valence-electron chi connectivity index (χ4n) is 4.31. The number of anilines is 2. The molecule has 2 saturated heterocycles. The van der Waals surface area contributed by atoms with E-state index >= 15 is 0 Å². The fourth-order valence-corrected chi connectivity index (χ4v) is 4.31. The van der Waals surface area contributed by atoms with Crippen LogP contribution in [0, 0.1) is 6.92 Å². The Morgan fingerprint density at radius 2 is 1.94 bits per heavy atom. The van der Waals surface area contributed by atoms with E-state index in [0.29, 0.717) is 19.8 Å². The number of methoxy groups -OCH3 is 1. The minimum absolute atomic E-state index is 0.218. The number of aryl methyl sites for hydroxylation is 1. The quantitative estimate of drug-likeness (QED) is 0.768. The summed E-state index contributed by atoms with van der Waals surface area (Å²) in [6, 6.07) is 12.1. The van der Waals surface area contributed by atoms with Gasteiger partial charge in [-0.2, -0.15) is 0 Å². The van der Waals surface area contributed by atoms with Crippen molar-refractivity contribution in [3.8, 4) is 5.75 Å². The van der Waals surface area contributed by atoms with Gasteiger partial charge >= 0.3 is 0 Å². The van der Waals surface area contributed by atoms with E-state index in [4.69, 9.17) is 14.5 Å². The van der Waals surface area contributed by atoms with Gasteiger partial charge in [-0.05, 0) is 56.2 Å². The lowest BCUT2D eigenvalue weighted by molar-refractivity contribution is -0.134. The molecular weight excluding hydrogens is 392 g/mol. The largest absolute Gasteiger partial charge is 0.497 e. The van der Waals surface area contributed by atoms with Crippen molar-refractivity contribution in [1.29, 1.82) is 0 Å². The van der Waals surface area contributed by atoms with Gasteiger partial charge in [-0.1, -0.05) is 0 Å². The summed E-state index contributed by atoms with van der Waals surface area (Å²) in [7, 11) is 1.67. The molecule has 7 heteroatoms. The van der Waals surface area contributed by atoms with Crippen molar-refractivity contribution in [3.05, 3.63) is 47.8 Å². The Morgan fingerprint density at radius 3 is 2.68 bits per heavy atom. The first-order chi connectivity index (χ1) is 15.1. The highest BCUT2D eigenvalue weighted by atomic mass is 16.5. The smallest absolute Gasteiger partial charge is 0.236 e. The molecule has 1 aromatic carbocycles. The van der Waals surface area contributed by atoms with Gasteiger partial charge in [0.25, 0.3) is 0 Å². The third-order valence-electron chi connectivity index (χ3n) is 6.01. The van der Waals surface area contributed by atoms with Crippen LogP contribution in [0.15, 0.2) is 36.4 Å². The number of ether oxygens (including phenoxy) is 2. The zero-order chi connectivity index (χ0) is 21.6. The van der Waals surface area contributed by atoms with Crippen molar-refractivity contribution in [1.82, 2.24) is 14.8 Å². The van der Waals surface area contributed by atoms with Gasteiger partial charge in [0.2, 0.25) is 5.91 Å². The van der Waals surface area contributed by atoms with Gasteiger partial charge in [0.05, 0.1) is 26.9 Å². The van der Waals surface area contributed by atoms with E-state index < -0.39 is 0 Å². The van der Waals surface area contributed by atoms with Gasteiger partial charge in [0.1, 0.15) is 5.75 Å². The summed E-state index contributed by atoms with van der Waals surface area (Å²) in [4.78, 5) is 21.9. The molecular formula is C24H32N4O3. The third-order valence-corrected chi connectivity index (χ3v) is 6.01. The molecule has 0 saturated carbocycles. The maximum Gasteiger partial charge on any atom is 0.236 e. The summed E-state index contributed by atoms with van der Waals surface area (Å²) in [5.74, 6) is 1.32. The van der Waals surface area contributed by atoms with Gasteiger partial charge in [-0.15, -0.1) is 0 Å². The van der Waals surface area contributed by atoms with Crippen molar-refractivity contribution < 1.29 is 14.3 Å². The molecule has 3 heterocycles. The molecule has 2 aliphatic rings. The van der Waals surface area contributed by atoms with E-state index in [2.05, 4.69) is 22.3 Å². The molecule has 0 bridgehead atoms. The van der Waals surface area contributed by atoms with Crippen LogP contribution in [0.2, 0.25) is 0 Å². The van der Waals surface area contributed by atoms with Crippen LogP contribution in [0.5, 0.6) is 5.75 Å². The number of nitrogens with one attached hydrogen (secondary N) is 1. The predicted octanol–water partition coefficient (Wildman–Crippen LogP) is 3.18. The highest BCUT2D eigenvalue weighted by molar-refractivity contribution is 5.78. The van der Waals surface area contributed by atoms with Crippen molar-refractivity contribution in [3.63, 3.8) is 0 Å². The summed E-state index contributed by atoms with van der Waals surface area (Å²) >= 11 is 0. The number of carbonyl (C=O) groups excluding carboxylic acids is 1. The highest BCUT2D eigenvalue weighted by Gasteiger charge is 2.27. The summed E-state index contributed by atoms with van der Waals surface area (Å²) in [6.45, 7) is 7.18. The Balaban J connectivity index is 1.42. The number of amides is 1. The predicted molar refractivity (Wildman–Crippen MR) is 121 cm³/mol. The van der Waals surface area contributed by atoms with Gasteiger partial charge in [0, 0.05) is 54.9 Å². The zero-order valence-electron chi connectivity index (χ0n) is 18.5. The van der Waals surface area contributed by atoms with E-state index in [9.17, 15) is 4.79 Å². The minimum Gasteiger partial charge on any atom is -0.497 e. The normalized spacial score (nSPS) is 19.8. The molecule has 0 radical (unpaired) electrons. The average Bonchev–Trinajstić information content (AvgIpc) is 2.80. The summed E-state index contributed by atoms with van der Waals surface area (Å²) < 4.78 is 10.6. The monoisotopic (exact) mass is 424 g/mol. The molecule has 4 rings (SSSR count). The Hall–Kier alpha value is -2.64. The molecule has 1 N–H and O–H groups in total. The van der Waals surface area contributed by atoms with Crippen LogP contribution in [-0.4, -0.2) is 73.7 Å². The number of morpholine rings is 1. The first-order valence-electron chi connectivity index (χ1n) is 11.1. The number of likely N-dealkylation sites (tertiary alicyclic amines) is 1. The second-order valence-corrected chi connectivity index (χ2v) is 8.34. The Labute approximate surface area is 184 Å². The van der Waals surface area contributed by atoms with Crippen molar-refractivity contribution in [2.24, 2.45) is 0 Å². The number of hydrogen-bond acceptors (Lipinski definition) is 6. The molecule has 31 heavy (non-hydrogen) atoms. The van der Waals surface area contributed by atoms with E-state index in [0.717, 1.165) is 67.5 Å². The number of piperidine rings is 1. The maximum atomic E-state index is 12.9. The molecule has 2 aliphatic heterocycles. The number of rotatable bonds is 6. The molecule has 0 unspecified atom stereocenters. The molecule has 1 amide bonds. The molecule has 1 atom stereocenters. The average molecular weight is 425 g/mol. The van der Waals surface area contributed by atoms with E-state index in [1.165, 1.54) is 0 Å². The summed E-state index contributed by atoms with van der Waals surface area (Å²) in [5.41, 5.74) is 4.05. The molecule has 0 spiro atoms. The number of benzene rings is 1. The molecule has 0 aliphatic carbocycles. The maximum absolute atomic E-state index is 12.9. The van der Waals surface area contributed by atoms with Crippen LogP contribution in [0.25, 0.3) is 0 Å². The molecule has 166 valence electrons. The molecule has 7 nitrogen and oxygen atoms in total. The Morgan fingerprint density at radius 1 is 1.16 bits per heavy atom. The number of pyridine rings is 1. The van der Waals surface area contributed by atoms with Crippen LogP contribution in [0.3, 0.4) is 0 Å². The summed E-state index contributed by atoms with van der Waals surface area (Å²) in [5, 5.41) is 3.47. The minimum atomic E-state index is 0.218. The second kappa shape index (κ2) is 10.1. The standard InChI is InChI=1S/C24H32N4O3/c1-18-14-21(26-20-5-7-22(30-2)8-6-20)15-23(25-18)19-4-3-9-28(16-19)24(29)17-27-10-12-31-13-11-27/h5-8,14-15,19H,3-4,9-13,16-17H2,1-2H3,(H,25,26)/t19-/m1/s1. The number of nitrogens with zero attached hydrogens (tertiary/aromatic N) is 3. The van der Waals surface area contributed by atoms with Crippen LogP contribution < -0.4 is 10.1 Å². The highest BCUT2D eigenvalue weighted by Crippen LogP contribution is 2.29. The zero-order valence-corrected chi connectivity index (χ0v) is 18.5. The fraction of sp³-hybridized carbons (Fsp3) is 0.500. The number of aromatic nitrogens is 1.